The van der Waals surface area contributed by atoms with Crippen LogP contribution in [0, 0.1) is 5.92 Å². The van der Waals surface area contributed by atoms with Crippen LogP contribution < -0.4 is 5.32 Å². The quantitative estimate of drug-likeness (QED) is 0.884. The van der Waals surface area contributed by atoms with Gasteiger partial charge in [-0.05, 0) is 38.9 Å². The Kier molecular flexibility index (Phi) is 5.29. The first-order valence-corrected chi connectivity index (χ1v) is 8.39. The Balaban J connectivity index is 1.90. The summed E-state index contributed by atoms with van der Waals surface area (Å²) >= 11 is 7.70. The molecule has 1 N–H and O–H groups in total. The molecule has 4 heteroatoms. The van der Waals surface area contributed by atoms with Crippen molar-refractivity contribution in [2.45, 2.75) is 44.7 Å². The van der Waals surface area contributed by atoms with Crippen LogP contribution in [0.3, 0.4) is 0 Å². The zero-order valence-electron chi connectivity index (χ0n) is 12.2. The van der Waals surface area contributed by atoms with Gasteiger partial charge in [0.15, 0.2) is 0 Å². The van der Waals surface area contributed by atoms with Gasteiger partial charge in [0.1, 0.15) is 0 Å². The summed E-state index contributed by atoms with van der Waals surface area (Å²) in [4.78, 5) is 3.75. The van der Waals surface area contributed by atoms with Crippen molar-refractivity contribution < 1.29 is 0 Å². The lowest BCUT2D eigenvalue weighted by molar-refractivity contribution is 0.0750. The summed E-state index contributed by atoms with van der Waals surface area (Å²) in [5.74, 6) is 0.842. The van der Waals surface area contributed by atoms with Gasteiger partial charge in [-0.25, -0.2) is 0 Å². The highest BCUT2D eigenvalue weighted by Crippen LogP contribution is 2.35. The molecule has 2 unspecified atom stereocenters. The molecular weight excluding hydrogens is 276 g/mol. The maximum atomic E-state index is 5.96. The lowest BCUT2D eigenvalue weighted by Crippen LogP contribution is -2.54. The Morgan fingerprint density at radius 1 is 1.53 bits per heavy atom. The van der Waals surface area contributed by atoms with Crippen molar-refractivity contribution >= 4 is 22.9 Å². The smallest absolute Gasteiger partial charge is 0.0516 e. The molecule has 1 heterocycles. The van der Waals surface area contributed by atoms with Crippen LogP contribution in [0.2, 0.25) is 5.02 Å². The number of nitrogens with one attached hydrogen (secondary N) is 1. The third-order valence-corrected chi connectivity index (χ3v) is 5.68. The van der Waals surface area contributed by atoms with Crippen molar-refractivity contribution in [3.63, 3.8) is 0 Å². The number of thiophene rings is 1. The molecular formula is C15H25ClN2S. The first-order chi connectivity index (χ1) is 9.02. The second-order valence-electron chi connectivity index (χ2n) is 6.16. The minimum absolute atomic E-state index is 0.332. The number of rotatable bonds is 5. The standard InChI is InChI=1S/C15H25ClN2S/c1-12-5-4-6-15(8-12,18(2)3)11-17-9-14-7-13(16)10-19-14/h7,10,12,17H,4-6,8-9,11H2,1-3H3. The van der Waals surface area contributed by atoms with E-state index in [2.05, 4.69) is 37.3 Å². The Morgan fingerprint density at radius 2 is 2.32 bits per heavy atom. The van der Waals surface area contributed by atoms with E-state index in [0.717, 1.165) is 24.0 Å². The van der Waals surface area contributed by atoms with Crippen molar-refractivity contribution in [3.8, 4) is 0 Å². The molecule has 1 aliphatic carbocycles. The van der Waals surface area contributed by atoms with Gasteiger partial charge in [0.25, 0.3) is 0 Å². The summed E-state index contributed by atoms with van der Waals surface area (Å²) in [5, 5.41) is 6.50. The maximum absolute atomic E-state index is 5.96. The van der Waals surface area contributed by atoms with Crippen LogP contribution in [0.25, 0.3) is 0 Å². The molecule has 1 fully saturated rings. The highest BCUT2D eigenvalue weighted by molar-refractivity contribution is 7.10. The van der Waals surface area contributed by atoms with Gasteiger partial charge in [-0.15, -0.1) is 11.3 Å². The molecule has 2 rings (SSSR count). The van der Waals surface area contributed by atoms with E-state index in [9.17, 15) is 0 Å². The van der Waals surface area contributed by atoms with Crippen molar-refractivity contribution in [3.05, 3.63) is 21.3 Å². The average Bonchev–Trinajstić information content (AvgIpc) is 2.75. The Morgan fingerprint density at radius 3 is 2.89 bits per heavy atom. The molecule has 0 radical (unpaired) electrons. The third-order valence-electron chi connectivity index (χ3n) is 4.39. The Bertz CT molecular complexity index is 405. The van der Waals surface area contributed by atoms with Crippen LogP contribution in [0.5, 0.6) is 0 Å². The first-order valence-electron chi connectivity index (χ1n) is 7.13. The van der Waals surface area contributed by atoms with Crippen LogP contribution >= 0.6 is 22.9 Å². The second-order valence-corrected chi connectivity index (χ2v) is 7.59. The summed E-state index contributed by atoms with van der Waals surface area (Å²) in [5.41, 5.74) is 0.332. The van der Waals surface area contributed by atoms with Crippen LogP contribution in [-0.2, 0) is 6.54 Å². The third kappa shape index (κ3) is 3.94. The number of likely N-dealkylation sites (N-methyl/N-ethyl adjacent to an activating group) is 1. The Hall–Kier alpha value is -0.0900. The molecule has 1 aliphatic rings. The molecule has 0 bridgehead atoms. The molecule has 19 heavy (non-hydrogen) atoms. The van der Waals surface area contributed by atoms with Gasteiger partial charge in [0.05, 0.1) is 5.02 Å². The van der Waals surface area contributed by atoms with E-state index >= 15 is 0 Å². The van der Waals surface area contributed by atoms with Crippen molar-refractivity contribution in [1.82, 2.24) is 10.2 Å². The summed E-state index contributed by atoms with van der Waals surface area (Å²) < 4.78 is 0. The monoisotopic (exact) mass is 300 g/mol. The molecule has 1 aromatic rings. The van der Waals surface area contributed by atoms with Crippen LogP contribution in [0.1, 0.15) is 37.5 Å². The van der Waals surface area contributed by atoms with Gasteiger partial charge in [0.2, 0.25) is 0 Å². The first kappa shape index (κ1) is 15.3. The van der Waals surface area contributed by atoms with E-state index in [1.807, 2.05) is 5.38 Å². The highest BCUT2D eigenvalue weighted by Gasteiger charge is 2.36. The minimum Gasteiger partial charge on any atom is -0.310 e. The van der Waals surface area contributed by atoms with Crippen LogP contribution in [0.15, 0.2) is 11.4 Å². The van der Waals surface area contributed by atoms with Gasteiger partial charge in [-0.2, -0.15) is 0 Å². The summed E-state index contributed by atoms with van der Waals surface area (Å²) in [6.07, 6.45) is 5.35. The number of hydrogen-bond donors (Lipinski definition) is 1. The zero-order valence-corrected chi connectivity index (χ0v) is 13.8. The van der Waals surface area contributed by atoms with Gasteiger partial charge >= 0.3 is 0 Å². The predicted molar refractivity (Wildman–Crippen MR) is 85.1 cm³/mol. The minimum atomic E-state index is 0.332. The van der Waals surface area contributed by atoms with Gasteiger partial charge in [0, 0.05) is 28.9 Å². The molecule has 0 amide bonds. The summed E-state index contributed by atoms with van der Waals surface area (Å²) in [7, 11) is 4.45. The van der Waals surface area contributed by atoms with E-state index in [4.69, 9.17) is 11.6 Å². The molecule has 108 valence electrons. The van der Waals surface area contributed by atoms with Gasteiger partial charge in [-0.1, -0.05) is 31.4 Å². The van der Waals surface area contributed by atoms with Crippen molar-refractivity contribution in [2.75, 3.05) is 20.6 Å². The molecule has 1 saturated carbocycles. The highest BCUT2D eigenvalue weighted by atomic mass is 35.5. The SMILES string of the molecule is CC1CCCC(CNCc2cc(Cl)cs2)(N(C)C)C1. The number of halogens is 1. The maximum Gasteiger partial charge on any atom is 0.0516 e. The Labute approximate surface area is 126 Å². The zero-order chi connectivity index (χ0) is 13.9. The second kappa shape index (κ2) is 6.57. The predicted octanol–water partition coefficient (Wildman–Crippen LogP) is 4.00. The molecule has 0 aromatic carbocycles. The van der Waals surface area contributed by atoms with E-state index < -0.39 is 0 Å². The topological polar surface area (TPSA) is 15.3 Å². The van der Waals surface area contributed by atoms with E-state index in [-0.39, 0.29) is 0 Å². The number of nitrogens with zero attached hydrogens (tertiary/aromatic N) is 1. The number of hydrogen-bond acceptors (Lipinski definition) is 3. The fourth-order valence-electron chi connectivity index (χ4n) is 3.22. The molecule has 0 saturated heterocycles. The molecule has 0 spiro atoms. The summed E-state index contributed by atoms with van der Waals surface area (Å²) in [6.45, 7) is 4.39. The van der Waals surface area contributed by atoms with Crippen LogP contribution in [0.4, 0.5) is 0 Å². The largest absolute Gasteiger partial charge is 0.310 e. The van der Waals surface area contributed by atoms with E-state index in [0.29, 0.717) is 5.54 Å². The molecule has 0 aliphatic heterocycles. The average molecular weight is 301 g/mol. The molecule has 2 nitrogen and oxygen atoms in total. The van der Waals surface area contributed by atoms with Gasteiger partial charge in [-0.3, -0.25) is 0 Å². The van der Waals surface area contributed by atoms with Crippen molar-refractivity contribution in [1.29, 1.82) is 0 Å². The lowest BCUT2D eigenvalue weighted by atomic mass is 9.75. The fraction of sp³-hybridized carbons (Fsp3) is 0.733. The van der Waals surface area contributed by atoms with Crippen LogP contribution in [-0.4, -0.2) is 31.1 Å². The van der Waals surface area contributed by atoms with E-state index in [1.54, 1.807) is 11.3 Å². The molecule has 2 atom stereocenters. The van der Waals surface area contributed by atoms with Gasteiger partial charge < -0.3 is 10.2 Å². The summed E-state index contributed by atoms with van der Waals surface area (Å²) in [6, 6.07) is 2.06. The molecule has 1 aromatic heterocycles. The van der Waals surface area contributed by atoms with Crippen molar-refractivity contribution in [2.24, 2.45) is 5.92 Å². The normalized spacial score (nSPS) is 27.9. The van der Waals surface area contributed by atoms with E-state index in [1.165, 1.54) is 30.6 Å². The fourth-order valence-corrected chi connectivity index (χ4v) is 4.26. The lowest BCUT2D eigenvalue weighted by Gasteiger charge is -2.45.